The van der Waals surface area contributed by atoms with Gasteiger partial charge in [0.05, 0.1) is 22.8 Å². The summed E-state index contributed by atoms with van der Waals surface area (Å²) in [4.78, 5) is 18.6. The summed E-state index contributed by atoms with van der Waals surface area (Å²) in [5, 5.41) is 13.0. The molecule has 0 atom stereocenters. The summed E-state index contributed by atoms with van der Waals surface area (Å²) in [5.74, 6) is -0.663. The Bertz CT molecular complexity index is 1430. The van der Waals surface area contributed by atoms with Crippen molar-refractivity contribution in [3.8, 4) is 23.0 Å². The van der Waals surface area contributed by atoms with Crippen molar-refractivity contribution in [3.05, 3.63) is 78.3 Å². The van der Waals surface area contributed by atoms with Gasteiger partial charge >= 0.3 is 0 Å². The number of rotatable bonds is 9. The monoisotopic (exact) mass is 537 g/mol. The van der Waals surface area contributed by atoms with Crippen molar-refractivity contribution in [1.82, 2.24) is 9.97 Å². The molecule has 1 fully saturated rings. The molecule has 1 aliphatic carbocycles. The minimum Gasteiger partial charge on any atom is -0.491 e. The fraction of sp³-hybridized carbons (Fsp3) is 0.276. The van der Waals surface area contributed by atoms with Gasteiger partial charge in [0.1, 0.15) is 23.9 Å². The molecule has 10 heteroatoms. The average Bonchev–Trinajstić information content (AvgIpc) is 3.73. The second kappa shape index (κ2) is 12.0. The molecule has 5 rings (SSSR count). The molecule has 0 bridgehead atoms. The molecule has 2 heterocycles. The lowest BCUT2D eigenvalue weighted by molar-refractivity contribution is 0.0285. The zero-order valence-corrected chi connectivity index (χ0v) is 21.8. The molecule has 0 saturated heterocycles. The number of carbonyl (C=O) groups excluding carboxylic acids is 1. The van der Waals surface area contributed by atoms with Crippen LogP contribution in [0.2, 0.25) is 0 Å². The highest BCUT2D eigenvalue weighted by Crippen LogP contribution is 2.34. The number of ether oxygens (including phenoxy) is 3. The van der Waals surface area contributed by atoms with Gasteiger partial charge in [-0.3, -0.25) is 14.8 Å². The fourth-order valence-electron chi connectivity index (χ4n) is 3.41. The second-order valence-electron chi connectivity index (χ2n) is 9.56. The zero-order chi connectivity index (χ0) is 28.0. The maximum Gasteiger partial charge on any atom is 0.198 e. The first-order chi connectivity index (χ1) is 18.7. The van der Waals surface area contributed by atoms with E-state index < -0.39 is 23.0 Å². The summed E-state index contributed by atoms with van der Waals surface area (Å²) < 4.78 is 44.9. The maximum absolute atomic E-state index is 14.2. The van der Waals surface area contributed by atoms with Crippen LogP contribution in [0.25, 0.3) is 10.9 Å². The van der Waals surface area contributed by atoms with Crippen LogP contribution in [0.1, 0.15) is 37.0 Å². The Balaban J connectivity index is 0.000000243. The number of anilines is 1. The Morgan fingerprint density at radius 1 is 1.08 bits per heavy atom. The summed E-state index contributed by atoms with van der Waals surface area (Å²) >= 11 is 0. The SMILES string of the molecule is CNc1cc(F)c(Oc2ccnc3cc(OCC(C)(C)O)ccc23)c(F)c1.O=Cc1cnccc1OC1CC1. The van der Waals surface area contributed by atoms with Crippen molar-refractivity contribution in [1.29, 1.82) is 0 Å². The van der Waals surface area contributed by atoms with Gasteiger partial charge in [-0.1, -0.05) is 0 Å². The Labute approximate surface area is 224 Å². The summed E-state index contributed by atoms with van der Waals surface area (Å²) in [6.07, 6.45) is 7.92. The van der Waals surface area contributed by atoms with Crippen molar-refractivity contribution in [2.45, 2.75) is 38.4 Å². The Morgan fingerprint density at radius 3 is 2.44 bits per heavy atom. The Kier molecular flexibility index (Phi) is 8.55. The van der Waals surface area contributed by atoms with Crippen LogP contribution >= 0.6 is 0 Å². The molecule has 0 aliphatic heterocycles. The number of hydrogen-bond acceptors (Lipinski definition) is 8. The number of carbonyl (C=O) groups is 1. The molecular weight excluding hydrogens is 508 g/mol. The number of nitrogens with zero attached hydrogens (tertiary/aromatic N) is 2. The quantitative estimate of drug-likeness (QED) is 0.253. The van der Waals surface area contributed by atoms with Crippen LogP contribution in [-0.2, 0) is 0 Å². The van der Waals surface area contributed by atoms with Gasteiger partial charge in [-0.05, 0) is 51.0 Å². The van der Waals surface area contributed by atoms with Crippen LogP contribution < -0.4 is 19.5 Å². The minimum atomic E-state index is -0.970. The van der Waals surface area contributed by atoms with Gasteiger partial charge in [-0.25, -0.2) is 8.78 Å². The van der Waals surface area contributed by atoms with Crippen LogP contribution in [0.15, 0.2) is 61.1 Å². The lowest BCUT2D eigenvalue weighted by Crippen LogP contribution is -2.27. The zero-order valence-electron chi connectivity index (χ0n) is 21.8. The Hall–Kier alpha value is -4.31. The molecular formula is C29H29F2N3O5. The molecule has 0 unspecified atom stereocenters. The first kappa shape index (κ1) is 27.7. The molecule has 0 spiro atoms. The average molecular weight is 538 g/mol. The number of halogens is 2. The van der Waals surface area contributed by atoms with Crippen molar-refractivity contribution in [2.75, 3.05) is 19.0 Å². The number of nitrogens with one attached hydrogen (secondary N) is 1. The molecule has 0 radical (unpaired) electrons. The minimum absolute atomic E-state index is 0.114. The lowest BCUT2D eigenvalue weighted by Gasteiger charge is -2.18. The summed E-state index contributed by atoms with van der Waals surface area (Å²) in [6.45, 7) is 3.39. The van der Waals surface area contributed by atoms with Crippen molar-refractivity contribution < 1.29 is 32.9 Å². The molecule has 39 heavy (non-hydrogen) atoms. The van der Waals surface area contributed by atoms with E-state index >= 15 is 0 Å². The lowest BCUT2D eigenvalue weighted by atomic mass is 10.1. The second-order valence-corrected chi connectivity index (χ2v) is 9.56. The third-order valence-corrected chi connectivity index (χ3v) is 5.52. The number of aromatic nitrogens is 2. The molecule has 2 aromatic heterocycles. The summed E-state index contributed by atoms with van der Waals surface area (Å²) in [6, 6.07) is 10.6. The fourth-order valence-corrected chi connectivity index (χ4v) is 3.41. The molecule has 1 aliphatic rings. The highest BCUT2D eigenvalue weighted by Gasteiger charge is 2.24. The number of hydrogen-bond donors (Lipinski definition) is 2. The number of benzene rings is 2. The smallest absolute Gasteiger partial charge is 0.198 e. The number of aldehydes is 1. The van der Waals surface area contributed by atoms with E-state index in [0.717, 1.165) is 31.3 Å². The number of aliphatic hydroxyl groups is 1. The topological polar surface area (TPSA) is 103 Å². The summed E-state index contributed by atoms with van der Waals surface area (Å²) in [7, 11) is 1.57. The third-order valence-electron chi connectivity index (χ3n) is 5.52. The maximum atomic E-state index is 14.2. The third kappa shape index (κ3) is 7.61. The van der Waals surface area contributed by atoms with Crippen LogP contribution in [0.3, 0.4) is 0 Å². The highest BCUT2D eigenvalue weighted by atomic mass is 19.1. The van der Waals surface area contributed by atoms with E-state index in [9.17, 15) is 18.7 Å². The molecule has 1 saturated carbocycles. The molecule has 8 nitrogen and oxygen atoms in total. The van der Waals surface area contributed by atoms with E-state index in [1.807, 2.05) is 0 Å². The van der Waals surface area contributed by atoms with Gasteiger partial charge < -0.3 is 24.6 Å². The van der Waals surface area contributed by atoms with Gasteiger partial charge in [0.25, 0.3) is 0 Å². The molecule has 4 aromatic rings. The van der Waals surface area contributed by atoms with Crippen LogP contribution in [0.5, 0.6) is 23.0 Å². The Morgan fingerprint density at radius 2 is 1.79 bits per heavy atom. The molecule has 2 aromatic carbocycles. The summed E-state index contributed by atoms with van der Waals surface area (Å²) in [5.41, 5.74) is 0.408. The normalized spacial score (nSPS) is 12.8. The molecule has 0 amide bonds. The van der Waals surface area contributed by atoms with Gasteiger partial charge in [0.15, 0.2) is 23.7 Å². The van der Waals surface area contributed by atoms with E-state index in [1.165, 1.54) is 18.5 Å². The van der Waals surface area contributed by atoms with Crippen molar-refractivity contribution >= 4 is 22.9 Å². The predicted molar refractivity (Wildman–Crippen MR) is 143 cm³/mol. The number of pyridine rings is 2. The number of fused-ring (bicyclic) bond motifs is 1. The van der Waals surface area contributed by atoms with Crippen molar-refractivity contribution in [3.63, 3.8) is 0 Å². The standard InChI is InChI=1S/C20H20F2N2O3.C9H9NO2/c1-20(2,25)11-26-13-4-5-14-17(10-13)24-7-6-18(14)27-19-15(21)8-12(23-3)9-16(19)22;11-6-7-5-10-4-3-9(7)12-8-1-2-8/h4-10,23,25H,11H2,1-3H3;3-6,8H,1-2H2. The van der Waals surface area contributed by atoms with E-state index in [4.69, 9.17) is 14.2 Å². The van der Waals surface area contributed by atoms with Crippen LogP contribution in [0, 0.1) is 11.6 Å². The first-order valence-electron chi connectivity index (χ1n) is 12.3. The molecule has 2 N–H and O–H groups in total. The van der Waals surface area contributed by atoms with Gasteiger partial charge in [0.2, 0.25) is 0 Å². The van der Waals surface area contributed by atoms with E-state index in [-0.39, 0.29) is 12.4 Å². The van der Waals surface area contributed by atoms with E-state index in [1.54, 1.807) is 51.4 Å². The highest BCUT2D eigenvalue weighted by molar-refractivity contribution is 5.86. The van der Waals surface area contributed by atoms with Gasteiger partial charge in [-0.2, -0.15) is 0 Å². The van der Waals surface area contributed by atoms with Crippen molar-refractivity contribution in [2.24, 2.45) is 0 Å². The van der Waals surface area contributed by atoms with Crippen LogP contribution in [0.4, 0.5) is 14.5 Å². The van der Waals surface area contributed by atoms with E-state index in [0.29, 0.717) is 39.8 Å². The van der Waals surface area contributed by atoms with Gasteiger partial charge in [-0.15, -0.1) is 0 Å². The molecule has 204 valence electrons. The predicted octanol–water partition coefficient (Wildman–Crippen LogP) is 5.93. The van der Waals surface area contributed by atoms with Crippen LogP contribution in [-0.4, -0.2) is 46.7 Å². The largest absolute Gasteiger partial charge is 0.491 e. The first-order valence-corrected chi connectivity index (χ1v) is 12.3. The van der Waals surface area contributed by atoms with Gasteiger partial charge in [0, 0.05) is 54.9 Å². The van der Waals surface area contributed by atoms with E-state index in [2.05, 4.69) is 15.3 Å².